The van der Waals surface area contributed by atoms with Gasteiger partial charge in [0.05, 0.1) is 35.6 Å². The Morgan fingerprint density at radius 2 is 1.55 bits per heavy atom. The Balaban J connectivity index is 1.49. The molecule has 2 saturated carbocycles. The number of amides is 1. The summed E-state index contributed by atoms with van der Waals surface area (Å²) < 4.78 is 29.5. The molecule has 0 aromatic heterocycles. The summed E-state index contributed by atoms with van der Waals surface area (Å²) in [5, 5.41) is 51.6. The maximum atomic E-state index is 14.9. The van der Waals surface area contributed by atoms with Gasteiger partial charge in [0.1, 0.15) is 35.6 Å². The van der Waals surface area contributed by atoms with E-state index in [2.05, 4.69) is 5.32 Å². The van der Waals surface area contributed by atoms with E-state index in [4.69, 9.17) is 23.7 Å². The number of aliphatic hydroxyl groups is 4. The fourth-order valence-electron chi connectivity index (χ4n) is 9.56. The highest BCUT2D eigenvalue weighted by Gasteiger charge is 2.78. The largest absolute Gasteiger partial charge is 0.456 e. The summed E-state index contributed by atoms with van der Waals surface area (Å²) in [6.45, 7) is 11.8. The van der Waals surface area contributed by atoms with Crippen LogP contribution in [-0.4, -0.2) is 110 Å². The summed E-state index contributed by atoms with van der Waals surface area (Å²) >= 11 is 0. The standard InChI is InChI=1S/C43H53NO14/c1-22-26(55-37(51)32(48)30(24-15-11-9-12-16-24)44-38(52)58-39(3,4)5)20-43(53)35(56-36(50)25-17-13-10-14-18-25)33-41(8,34(49)31(47)29(22)40(43,6)7)27(46)19-28-42(33,21-54-28)57-23(2)45/h9-18,26-28,30-33,35,46-48,53H,19-21H2,1-8H3,(H,44,52)/t26-,27-,28+,30?,31+,32?,33-,35-,41+,42-,43+/m0/s1. The number of carbonyl (C=O) groups is 5. The average Bonchev–Trinajstić information content (AvgIpc) is 3.14. The van der Waals surface area contributed by atoms with Gasteiger partial charge in [0.15, 0.2) is 17.5 Å². The van der Waals surface area contributed by atoms with Crippen molar-refractivity contribution in [3.63, 3.8) is 0 Å². The van der Waals surface area contributed by atoms with E-state index >= 15 is 0 Å². The maximum Gasteiger partial charge on any atom is 0.408 e. The Morgan fingerprint density at radius 3 is 2.10 bits per heavy atom. The van der Waals surface area contributed by atoms with Gasteiger partial charge in [-0.25, -0.2) is 14.4 Å². The Hall–Kier alpha value is -4.67. The predicted octanol–water partition coefficient (Wildman–Crippen LogP) is 3.26. The number of hydrogen-bond donors (Lipinski definition) is 5. The van der Waals surface area contributed by atoms with Crippen LogP contribution in [0.3, 0.4) is 0 Å². The van der Waals surface area contributed by atoms with Gasteiger partial charge < -0.3 is 49.4 Å². The fourth-order valence-corrected chi connectivity index (χ4v) is 9.56. The van der Waals surface area contributed by atoms with Crippen LogP contribution in [0.5, 0.6) is 0 Å². The van der Waals surface area contributed by atoms with Gasteiger partial charge in [-0.3, -0.25) is 9.59 Å². The van der Waals surface area contributed by atoms with Crippen molar-refractivity contribution < 1.29 is 68.1 Å². The molecule has 58 heavy (non-hydrogen) atoms. The smallest absolute Gasteiger partial charge is 0.408 e. The van der Waals surface area contributed by atoms with Crippen LogP contribution in [0, 0.1) is 16.7 Å². The number of aliphatic hydroxyl groups excluding tert-OH is 3. The van der Waals surface area contributed by atoms with Gasteiger partial charge in [0.2, 0.25) is 0 Å². The van der Waals surface area contributed by atoms with Gasteiger partial charge in [0, 0.05) is 25.2 Å². The normalized spacial score (nSPS) is 33.7. The van der Waals surface area contributed by atoms with Crippen LogP contribution in [0.15, 0.2) is 71.8 Å². The first kappa shape index (κ1) is 42.9. The van der Waals surface area contributed by atoms with Crippen LogP contribution in [0.2, 0.25) is 0 Å². The molecule has 2 bridgehead atoms. The second-order valence-corrected chi connectivity index (χ2v) is 17.6. The zero-order chi connectivity index (χ0) is 42.7. The van der Waals surface area contributed by atoms with Crippen LogP contribution in [0.1, 0.15) is 90.2 Å². The van der Waals surface area contributed by atoms with Crippen LogP contribution in [-0.2, 0) is 38.1 Å². The van der Waals surface area contributed by atoms with E-state index in [1.807, 2.05) is 0 Å². The Bertz CT molecular complexity index is 1980. The van der Waals surface area contributed by atoms with Crippen molar-refractivity contribution in [2.75, 3.05) is 6.61 Å². The van der Waals surface area contributed by atoms with Gasteiger partial charge >= 0.3 is 24.0 Å². The minimum absolute atomic E-state index is 0.0637. The fraction of sp³-hybridized carbons (Fsp3) is 0.558. The molecule has 314 valence electrons. The van der Waals surface area contributed by atoms with Crippen molar-refractivity contribution in [1.29, 1.82) is 0 Å². The van der Waals surface area contributed by atoms with Crippen LogP contribution in [0.25, 0.3) is 0 Å². The first-order chi connectivity index (χ1) is 27.0. The van der Waals surface area contributed by atoms with E-state index in [1.54, 1.807) is 83.1 Å². The van der Waals surface area contributed by atoms with Crippen LogP contribution >= 0.6 is 0 Å². The first-order valence-corrected chi connectivity index (χ1v) is 19.3. The summed E-state index contributed by atoms with van der Waals surface area (Å²) in [4.78, 5) is 68.9. The Labute approximate surface area is 336 Å². The number of ketones is 1. The monoisotopic (exact) mass is 807 g/mol. The van der Waals surface area contributed by atoms with Gasteiger partial charge in [-0.2, -0.15) is 0 Å². The predicted molar refractivity (Wildman–Crippen MR) is 204 cm³/mol. The molecule has 3 fully saturated rings. The summed E-state index contributed by atoms with van der Waals surface area (Å²) in [5.41, 5.74) is -8.14. The highest BCUT2D eigenvalue weighted by Crippen LogP contribution is 2.64. The number of ether oxygens (including phenoxy) is 5. The lowest BCUT2D eigenvalue weighted by Crippen LogP contribution is -2.81. The topological polar surface area (TPSA) is 224 Å². The number of benzene rings is 2. The zero-order valence-electron chi connectivity index (χ0n) is 33.9. The third-order valence-corrected chi connectivity index (χ3v) is 12.6. The molecule has 0 spiro atoms. The molecule has 5 N–H and O–H groups in total. The number of nitrogens with one attached hydrogen (secondary N) is 1. The highest BCUT2D eigenvalue weighted by molar-refractivity contribution is 5.94. The van der Waals surface area contributed by atoms with Crippen molar-refractivity contribution in [3.8, 4) is 0 Å². The van der Waals surface area contributed by atoms with Gasteiger partial charge in [-0.05, 0) is 63.5 Å². The van der Waals surface area contributed by atoms with E-state index in [9.17, 15) is 44.4 Å². The molecule has 6 rings (SSSR count). The summed E-state index contributed by atoms with van der Waals surface area (Å²) in [6.07, 6.45) is -11.5. The number of esters is 3. The zero-order valence-corrected chi connectivity index (χ0v) is 33.9. The van der Waals surface area contributed by atoms with Crippen molar-refractivity contribution in [1.82, 2.24) is 5.32 Å². The van der Waals surface area contributed by atoms with Crippen LogP contribution < -0.4 is 5.32 Å². The van der Waals surface area contributed by atoms with Gasteiger partial charge in [-0.15, -0.1) is 0 Å². The van der Waals surface area contributed by atoms with Crippen molar-refractivity contribution in [2.24, 2.45) is 16.7 Å². The summed E-state index contributed by atoms with van der Waals surface area (Å²) in [6, 6.07) is 14.6. The van der Waals surface area contributed by atoms with E-state index in [0.717, 1.165) is 6.92 Å². The van der Waals surface area contributed by atoms with Crippen LogP contribution in [0.4, 0.5) is 4.79 Å². The molecule has 4 aliphatic rings. The lowest BCUT2D eigenvalue weighted by atomic mass is 9.44. The molecule has 1 saturated heterocycles. The second kappa shape index (κ2) is 15.2. The molecule has 3 aliphatic carbocycles. The number of fused-ring (bicyclic) bond motifs is 5. The molecule has 15 heteroatoms. The molecule has 1 amide bonds. The van der Waals surface area contributed by atoms with E-state index in [0.29, 0.717) is 5.56 Å². The quantitative estimate of drug-likeness (QED) is 0.147. The average molecular weight is 808 g/mol. The third-order valence-electron chi connectivity index (χ3n) is 12.6. The van der Waals surface area contributed by atoms with E-state index < -0.39 is 112 Å². The molecule has 11 atom stereocenters. The van der Waals surface area contributed by atoms with Gasteiger partial charge in [-0.1, -0.05) is 62.4 Å². The van der Waals surface area contributed by atoms with Crippen molar-refractivity contribution >= 4 is 29.8 Å². The molecule has 2 aromatic carbocycles. The third kappa shape index (κ3) is 7.10. The number of hydrogen-bond acceptors (Lipinski definition) is 14. The lowest BCUT2D eigenvalue weighted by Gasteiger charge is -2.67. The molecular weight excluding hydrogens is 754 g/mol. The minimum Gasteiger partial charge on any atom is -0.456 e. The first-order valence-electron chi connectivity index (χ1n) is 19.3. The second-order valence-electron chi connectivity index (χ2n) is 17.6. The highest BCUT2D eigenvalue weighted by atomic mass is 16.6. The lowest BCUT2D eigenvalue weighted by molar-refractivity contribution is -0.346. The number of rotatable bonds is 8. The number of alkyl carbamates (subject to hydrolysis) is 1. The summed E-state index contributed by atoms with van der Waals surface area (Å²) in [7, 11) is 0. The molecule has 0 radical (unpaired) electrons. The minimum atomic E-state index is -2.35. The molecule has 15 nitrogen and oxygen atoms in total. The van der Waals surface area contributed by atoms with E-state index in [1.165, 1.54) is 26.0 Å². The SMILES string of the molecule is CC(=O)O[C@@]12CO[C@@H]1C[C@H](O)[C@@]1(C)C(=O)[C@H](O)C3=C(C)[C@@H](OC(=O)C(O)C(NC(=O)OC(C)(C)C)c4ccccc4)C[C@@](O)([C@@H](OC(=O)c4ccccc4)[C@H]21)C3(C)C. The molecule has 2 aromatic rings. The van der Waals surface area contributed by atoms with Crippen molar-refractivity contribution in [2.45, 2.75) is 128 Å². The van der Waals surface area contributed by atoms with E-state index in [-0.39, 0.29) is 29.7 Å². The number of Topliss-reactive ketones (excluding diaryl/α,β-unsaturated/α-hetero) is 1. The Kier molecular flexibility index (Phi) is 11.2. The Morgan fingerprint density at radius 1 is 0.948 bits per heavy atom. The maximum absolute atomic E-state index is 14.9. The van der Waals surface area contributed by atoms with Crippen molar-refractivity contribution in [3.05, 3.63) is 82.9 Å². The molecule has 1 aliphatic heterocycles. The number of carbonyl (C=O) groups excluding carboxylic acids is 5. The van der Waals surface area contributed by atoms with Gasteiger partial charge in [0.25, 0.3) is 0 Å². The summed E-state index contributed by atoms with van der Waals surface area (Å²) in [5.74, 6) is -5.36. The molecular formula is C43H53NO14. The molecule has 2 unspecified atom stereocenters. The molecule has 1 heterocycles.